The second-order valence-electron chi connectivity index (χ2n) is 17.8. The van der Waals surface area contributed by atoms with Gasteiger partial charge in [-0.3, -0.25) is 19.3 Å². The number of phenolic OH excluding ortho intramolecular Hbond substituents is 1. The standard InChI is InChI=1S/C54H59N5O8/c60-47-20-18-45(46-19-21-49(62)57-51(46)47)48(61)33-55-27-22-37-14-16-41(17-15-37)52(64)56-34-50(63)59-30-25-40(26-31-59)42-10-7-13-44(32-42)54(66,43-11-5-2-6-12-43)53(65)67-36-39-23-28-58(29-24-39)35-38-8-3-1-4-9-38/h1-21,32,39-40,48,55,60-61,66H,22-31,33-36H2,(H,56,64)(H,57,62). The quantitative estimate of drug-likeness (QED) is 0.0474. The molecular weight excluding hydrogens is 847 g/mol. The number of phenols is 1. The molecule has 2 fully saturated rings. The summed E-state index contributed by atoms with van der Waals surface area (Å²) in [5.41, 5.74) is 3.11. The van der Waals surface area contributed by atoms with E-state index >= 15 is 0 Å². The lowest BCUT2D eigenvalue weighted by atomic mass is 9.82. The second-order valence-corrected chi connectivity index (χ2v) is 17.8. The van der Waals surface area contributed by atoms with Gasteiger partial charge in [-0.25, -0.2) is 4.79 Å². The molecule has 5 aromatic carbocycles. The fourth-order valence-corrected chi connectivity index (χ4v) is 9.34. The van der Waals surface area contributed by atoms with E-state index in [0.717, 1.165) is 43.6 Å². The third-order valence-electron chi connectivity index (χ3n) is 13.3. The molecule has 67 heavy (non-hydrogen) atoms. The monoisotopic (exact) mass is 905 g/mol. The Kier molecular flexibility index (Phi) is 15.2. The number of carbonyl (C=O) groups excluding carboxylic acids is 3. The van der Waals surface area contributed by atoms with E-state index in [4.69, 9.17) is 4.74 Å². The summed E-state index contributed by atoms with van der Waals surface area (Å²) in [6.45, 7) is 4.68. The molecule has 13 nitrogen and oxygen atoms in total. The van der Waals surface area contributed by atoms with Crippen molar-refractivity contribution in [1.82, 2.24) is 25.4 Å². The molecule has 0 radical (unpaired) electrons. The number of likely N-dealkylation sites (tertiary alicyclic amines) is 2. The van der Waals surface area contributed by atoms with Crippen LogP contribution in [0.1, 0.15) is 81.4 Å². The smallest absolute Gasteiger partial charge is 0.347 e. The summed E-state index contributed by atoms with van der Waals surface area (Å²) < 4.78 is 5.96. The number of ether oxygens (including phenoxy) is 1. The number of carbonyl (C=O) groups is 3. The van der Waals surface area contributed by atoms with E-state index in [1.165, 1.54) is 17.7 Å². The van der Waals surface area contributed by atoms with Crippen LogP contribution in [-0.4, -0.2) is 100 Å². The Bertz CT molecular complexity index is 2680. The number of aromatic nitrogens is 1. The maximum Gasteiger partial charge on any atom is 0.347 e. The van der Waals surface area contributed by atoms with E-state index in [-0.39, 0.29) is 60.2 Å². The van der Waals surface area contributed by atoms with Gasteiger partial charge in [-0.1, -0.05) is 103 Å². The van der Waals surface area contributed by atoms with Gasteiger partial charge in [-0.2, -0.15) is 0 Å². The van der Waals surface area contributed by atoms with Crippen molar-refractivity contribution in [2.75, 3.05) is 52.4 Å². The van der Waals surface area contributed by atoms with E-state index < -0.39 is 17.7 Å². The molecule has 2 atom stereocenters. The molecule has 6 N–H and O–H groups in total. The van der Waals surface area contributed by atoms with Gasteiger partial charge in [0.15, 0.2) is 0 Å². The first kappa shape index (κ1) is 46.9. The number of aliphatic hydroxyl groups is 2. The van der Waals surface area contributed by atoms with Crippen molar-refractivity contribution in [1.29, 1.82) is 0 Å². The lowest BCUT2D eigenvalue weighted by Gasteiger charge is -2.34. The number of benzene rings is 5. The van der Waals surface area contributed by atoms with Gasteiger partial charge < -0.3 is 40.6 Å². The number of piperidine rings is 2. The number of H-pyrrole nitrogens is 1. The Hall–Kier alpha value is -6.64. The fraction of sp³-hybridized carbons (Fsp3) is 0.333. The molecule has 348 valence electrons. The second kappa shape index (κ2) is 21.8. The largest absolute Gasteiger partial charge is 0.506 e. The third-order valence-corrected chi connectivity index (χ3v) is 13.3. The molecule has 2 amide bonds. The van der Waals surface area contributed by atoms with Crippen LogP contribution >= 0.6 is 0 Å². The van der Waals surface area contributed by atoms with Crippen molar-refractivity contribution in [3.63, 3.8) is 0 Å². The third kappa shape index (κ3) is 11.5. The normalized spacial score (nSPS) is 16.3. The number of aliphatic hydroxyl groups excluding tert-OH is 1. The topological polar surface area (TPSA) is 185 Å². The molecule has 0 spiro atoms. The van der Waals surface area contributed by atoms with Crippen LogP contribution in [0.5, 0.6) is 5.75 Å². The van der Waals surface area contributed by atoms with Crippen molar-refractivity contribution in [2.45, 2.75) is 56.3 Å². The summed E-state index contributed by atoms with van der Waals surface area (Å²) in [5.74, 6) is -0.952. The predicted octanol–water partition coefficient (Wildman–Crippen LogP) is 5.93. The van der Waals surface area contributed by atoms with E-state index in [1.54, 1.807) is 59.5 Å². The average Bonchev–Trinajstić information content (AvgIpc) is 3.37. The van der Waals surface area contributed by atoms with E-state index in [1.807, 2.05) is 42.5 Å². The summed E-state index contributed by atoms with van der Waals surface area (Å²) in [7, 11) is 0. The van der Waals surface area contributed by atoms with Crippen molar-refractivity contribution in [3.8, 4) is 5.75 Å². The van der Waals surface area contributed by atoms with Crippen LogP contribution in [0.2, 0.25) is 0 Å². The van der Waals surface area contributed by atoms with Gasteiger partial charge in [0.25, 0.3) is 5.91 Å². The Morgan fingerprint density at radius 2 is 1.48 bits per heavy atom. The molecule has 1 aromatic heterocycles. The molecule has 6 aromatic rings. The van der Waals surface area contributed by atoms with Crippen LogP contribution in [0.4, 0.5) is 0 Å². The summed E-state index contributed by atoms with van der Waals surface area (Å²) in [4.78, 5) is 58.8. The molecule has 2 unspecified atom stereocenters. The highest BCUT2D eigenvalue weighted by Gasteiger charge is 2.42. The number of aromatic hydroxyl groups is 1. The summed E-state index contributed by atoms with van der Waals surface area (Å²) >= 11 is 0. The van der Waals surface area contributed by atoms with Crippen LogP contribution < -0.4 is 16.2 Å². The van der Waals surface area contributed by atoms with Crippen LogP contribution in [0.25, 0.3) is 10.9 Å². The number of nitrogens with zero attached hydrogens (tertiary/aromatic N) is 2. The zero-order valence-corrected chi connectivity index (χ0v) is 37.6. The molecule has 2 aliphatic rings. The number of pyridine rings is 1. The summed E-state index contributed by atoms with van der Waals surface area (Å²) in [6.07, 6.45) is 2.97. The minimum atomic E-state index is -2.00. The first-order chi connectivity index (χ1) is 32.5. The highest BCUT2D eigenvalue weighted by Crippen LogP contribution is 2.36. The zero-order valence-electron chi connectivity index (χ0n) is 37.6. The van der Waals surface area contributed by atoms with Gasteiger partial charge >= 0.3 is 5.97 Å². The van der Waals surface area contributed by atoms with E-state index in [0.29, 0.717) is 66.5 Å². The summed E-state index contributed by atoms with van der Waals surface area (Å²) in [5, 5.41) is 39.9. The van der Waals surface area contributed by atoms with Gasteiger partial charge in [-0.15, -0.1) is 0 Å². The molecule has 13 heteroatoms. The van der Waals surface area contributed by atoms with Gasteiger partial charge in [0.05, 0.1) is 24.8 Å². The Labute approximate surface area is 390 Å². The molecule has 2 saturated heterocycles. The van der Waals surface area contributed by atoms with Crippen molar-refractivity contribution < 1.29 is 34.4 Å². The number of amides is 2. The lowest BCUT2D eigenvalue weighted by Crippen LogP contribution is -2.43. The van der Waals surface area contributed by atoms with Crippen LogP contribution in [-0.2, 0) is 32.9 Å². The molecule has 3 heterocycles. The molecule has 0 aliphatic carbocycles. The fourth-order valence-electron chi connectivity index (χ4n) is 9.34. The van der Waals surface area contributed by atoms with Gasteiger partial charge in [0, 0.05) is 43.2 Å². The first-order valence-electron chi connectivity index (χ1n) is 23.3. The number of hydrogen-bond donors (Lipinski definition) is 6. The highest BCUT2D eigenvalue weighted by atomic mass is 16.5. The minimum absolute atomic E-state index is 0.0640. The zero-order chi connectivity index (χ0) is 46.8. The SMILES string of the molecule is O=C(NCC(=O)N1CCC(c2cccc(C(O)(C(=O)OCC3CCN(Cc4ccccc4)CC3)c3ccccc3)c2)CC1)c1ccc(CCNCC(O)c2ccc(O)c3[nH]c(=O)ccc23)cc1. The van der Waals surface area contributed by atoms with Crippen LogP contribution in [0.15, 0.2) is 138 Å². The van der Waals surface area contributed by atoms with Crippen LogP contribution in [0.3, 0.4) is 0 Å². The van der Waals surface area contributed by atoms with Crippen molar-refractivity contribution >= 4 is 28.7 Å². The van der Waals surface area contributed by atoms with E-state index in [9.17, 15) is 34.5 Å². The Morgan fingerprint density at radius 3 is 2.21 bits per heavy atom. The van der Waals surface area contributed by atoms with Crippen LogP contribution in [0, 0.1) is 5.92 Å². The highest BCUT2D eigenvalue weighted by molar-refractivity contribution is 5.96. The minimum Gasteiger partial charge on any atom is -0.506 e. The molecule has 0 saturated carbocycles. The maximum atomic E-state index is 14.0. The number of esters is 1. The van der Waals surface area contributed by atoms with Gasteiger partial charge in [-0.05, 0) is 121 Å². The predicted molar refractivity (Wildman–Crippen MR) is 256 cm³/mol. The van der Waals surface area contributed by atoms with Crippen molar-refractivity contribution in [3.05, 3.63) is 183 Å². The Balaban J connectivity index is 0.784. The maximum absolute atomic E-state index is 14.0. The number of nitrogens with one attached hydrogen (secondary N) is 3. The number of rotatable bonds is 17. The Morgan fingerprint density at radius 1 is 0.776 bits per heavy atom. The summed E-state index contributed by atoms with van der Waals surface area (Å²) in [6, 6.07) is 40.1. The average molecular weight is 906 g/mol. The molecular formula is C54H59N5O8. The molecule has 2 aliphatic heterocycles. The lowest BCUT2D eigenvalue weighted by molar-refractivity contribution is -0.164. The number of fused-ring (bicyclic) bond motifs is 1. The van der Waals surface area contributed by atoms with Crippen molar-refractivity contribution in [2.24, 2.45) is 5.92 Å². The van der Waals surface area contributed by atoms with E-state index in [2.05, 4.69) is 44.8 Å². The first-order valence-corrected chi connectivity index (χ1v) is 23.3. The molecule has 8 rings (SSSR count). The molecule has 0 bridgehead atoms. The number of hydrogen-bond acceptors (Lipinski definition) is 10. The van der Waals surface area contributed by atoms with Gasteiger partial charge in [0.1, 0.15) is 5.75 Å². The van der Waals surface area contributed by atoms with Gasteiger partial charge in [0.2, 0.25) is 17.1 Å². The number of aromatic amines is 1.